The number of rotatable bonds is 7. The highest BCUT2D eigenvalue weighted by atomic mass is 32.2. The zero-order valence-electron chi connectivity index (χ0n) is 14.5. The van der Waals surface area contributed by atoms with Crippen molar-refractivity contribution in [3.8, 4) is 5.75 Å². The second kappa shape index (κ2) is 7.96. The molecule has 0 spiro atoms. The molecule has 1 heterocycles. The molecule has 0 aliphatic carbocycles. The van der Waals surface area contributed by atoms with E-state index in [-0.39, 0.29) is 4.90 Å². The summed E-state index contributed by atoms with van der Waals surface area (Å²) in [6.07, 6.45) is 4.53. The predicted octanol–water partition coefficient (Wildman–Crippen LogP) is 3.88. The lowest BCUT2D eigenvalue weighted by Gasteiger charge is -2.16. The number of nitrogens with zero attached hydrogens (tertiary/aromatic N) is 3. The first-order valence-corrected chi connectivity index (χ1v) is 9.92. The maximum atomic E-state index is 11.7. The molecule has 3 rings (SSSR count). The topological polar surface area (TPSA) is 88.9 Å². The Bertz CT molecular complexity index is 1020. The Balaban J connectivity index is 1.77. The zero-order valence-corrected chi connectivity index (χ0v) is 15.3. The molecule has 0 aliphatic heterocycles. The maximum Gasteiger partial charge on any atom is 0.175 e. The molecule has 0 bridgehead atoms. The summed E-state index contributed by atoms with van der Waals surface area (Å²) in [6.45, 7) is 0.374. The number of ether oxygens (including phenoxy) is 1. The van der Waals surface area contributed by atoms with Crippen LogP contribution in [0.3, 0.4) is 0 Å². The summed E-state index contributed by atoms with van der Waals surface area (Å²) in [4.78, 5) is 15.5. The first kappa shape index (κ1) is 18.5. The van der Waals surface area contributed by atoms with Crippen LogP contribution in [0.2, 0.25) is 0 Å². The summed E-state index contributed by atoms with van der Waals surface area (Å²) in [5.74, 6) is 0.623. The van der Waals surface area contributed by atoms with E-state index in [9.17, 15) is 13.3 Å². The van der Waals surface area contributed by atoms with Crippen LogP contribution in [-0.2, 0) is 16.4 Å². The molecule has 0 saturated heterocycles. The average Bonchev–Trinajstić information content (AvgIpc) is 2.68. The third-order valence-electron chi connectivity index (χ3n) is 3.78. The van der Waals surface area contributed by atoms with Gasteiger partial charge in [0.15, 0.2) is 9.84 Å². The van der Waals surface area contributed by atoms with E-state index in [0.29, 0.717) is 23.7 Å². The van der Waals surface area contributed by atoms with E-state index in [1.807, 2.05) is 12.1 Å². The van der Waals surface area contributed by atoms with Crippen molar-refractivity contribution in [3.05, 3.63) is 83.5 Å². The third-order valence-corrected chi connectivity index (χ3v) is 4.89. The number of benzene rings is 2. The molecule has 0 aliphatic rings. The Morgan fingerprint density at radius 2 is 1.81 bits per heavy atom. The molecule has 0 N–H and O–H groups in total. The number of anilines is 2. The largest absolute Gasteiger partial charge is 0.489 e. The lowest BCUT2D eigenvalue weighted by atomic mass is 10.2. The molecule has 1 aromatic heterocycles. The number of aromatic nitrogens is 1. The van der Waals surface area contributed by atoms with E-state index in [4.69, 9.17) is 4.74 Å². The minimum Gasteiger partial charge on any atom is -0.489 e. The molecular weight excluding hydrogens is 366 g/mol. The van der Waals surface area contributed by atoms with Gasteiger partial charge in [-0.05, 0) is 48.5 Å². The number of hydrogen-bond donors (Lipinski definition) is 0. The molecule has 8 heteroatoms. The van der Waals surface area contributed by atoms with Crippen molar-refractivity contribution in [1.29, 1.82) is 0 Å². The van der Waals surface area contributed by atoms with E-state index >= 15 is 0 Å². The molecule has 0 atom stereocenters. The lowest BCUT2D eigenvalue weighted by Crippen LogP contribution is -2.08. The van der Waals surface area contributed by atoms with Gasteiger partial charge in [-0.2, -0.15) is 5.01 Å². The number of hydrogen-bond acceptors (Lipinski definition) is 6. The lowest BCUT2D eigenvalue weighted by molar-refractivity contribution is 0.306. The van der Waals surface area contributed by atoms with E-state index in [2.05, 4.69) is 10.3 Å². The van der Waals surface area contributed by atoms with Gasteiger partial charge >= 0.3 is 0 Å². The van der Waals surface area contributed by atoms with Gasteiger partial charge in [0.2, 0.25) is 0 Å². The number of nitroso groups, excluding NO2 is 1. The van der Waals surface area contributed by atoms with Crippen LogP contribution in [-0.4, -0.2) is 19.7 Å². The zero-order chi connectivity index (χ0) is 19.3. The molecule has 0 radical (unpaired) electrons. The van der Waals surface area contributed by atoms with Gasteiger partial charge in [0, 0.05) is 24.2 Å². The van der Waals surface area contributed by atoms with Gasteiger partial charge in [0.1, 0.15) is 12.4 Å². The van der Waals surface area contributed by atoms with E-state index < -0.39 is 9.84 Å². The average molecular weight is 383 g/mol. The fraction of sp³-hybridized carbons (Fsp3) is 0.105. The molecule has 27 heavy (non-hydrogen) atoms. The van der Waals surface area contributed by atoms with E-state index in [1.54, 1.807) is 48.8 Å². The van der Waals surface area contributed by atoms with Crippen molar-refractivity contribution in [1.82, 2.24) is 4.98 Å². The van der Waals surface area contributed by atoms with Crippen LogP contribution in [0.1, 0.15) is 5.56 Å². The third kappa shape index (κ3) is 4.68. The first-order chi connectivity index (χ1) is 13.0. The van der Waals surface area contributed by atoms with Crippen molar-refractivity contribution in [3.63, 3.8) is 0 Å². The van der Waals surface area contributed by atoms with Gasteiger partial charge in [-0.25, -0.2) is 8.42 Å². The van der Waals surface area contributed by atoms with Crippen LogP contribution in [0.5, 0.6) is 5.75 Å². The minimum absolute atomic E-state index is 0.116. The van der Waals surface area contributed by atoms with Crippen molar-refractivity contribution in [2.45, 2.75) is 11.5 Å². The van der Waals surface area contributed by atoms with Crippen LogP contribution in [0.15, 0.2) is 83.2 Å². The number of sulfone groups is 1. The summed E-state index contributed by atoms with van der Waals surface area (Å²) < 4.78 is 29.1. The maximum absolute atomic E-state index is 11.7. The van der Waals surface area contributed by atoms with Crippen molar-refractivity contribution in [2.75, 3.05) is 11.3 Å². The SMILES string of the molecule is CS(=O)(=O)c1cccc(N(N=O)c2ccc(OCc3cccnc3)cc2)c1. The molecule has 0 fully saturated rings. The van der Waals surface area contributed by atoms with Gasteiger partial charge in [0.25, 0.3) is 0 Å². The van der Waals surface area contributed by atoms with Crippen LogP contribution in [0.25, 0.3) is 0 Å². The summed E-state index contributed by atoms with van der Waals surface area (Å²) >= 11 is 0. The molecule has 0 saturated carbocycles. The van der Waals surface area contributed by atoms with Gasteiger partial charge in [-0.15, -0.1) is 4.91 Å². The Morgan fingerprint density at radius 1 is 1.04 bits per heavy atom. The fourth-order valence-electron chi connectivity index (χ4n) is 2.42. The van der Waals surface area contributed by atoms with Gasteiger partial charge in [0.05, 0.1) is 21.6 Å². The normalized spacial score (nSPS) is 11.0. The van der Waals surface area contributed by atoms with Crippen molar-refractivity contribution in [2.24, 2.45) is 5.29 Å². The Hall–Kier alpha value is -3.26. The molecule has 138 valence electrons. The van der Waals surface area contributed by atoms with Crippen LogP contribution >= 0.6 is 0 Å². The summed E-state index contributed by atoms with van der Waals surface area (Å²) in [5.41, 5.74) is 1.79. The Labute approximate surface area is 157 Å². The first-order valence-electron chi connectivity index (χ1n) is 8.02. The van der Waals surface area contributed by atoms with E-state index in [1.165, 1.54) is 12.1 Å². The standard InChI is InChI=1S/C19H17N3O4S/c1-27(24,25)19-6-2-5-17(12-19)22(21-23)16-7-9-18(10-8-16)26-14-15-4-3-11-20-13-15/h2-13H,14H2,1H3. The van der Waals surface area contributed by atoms with Crippen LogP contribution < -0.4 is 9.75 Å². The van der Waals surface area contributed by atoms with Crippen molar-refractivity contribution < 1.29 is 13.2 Å². The summed E-state index contributed by atoms with van der Waals surface area (Å²) in [6, 6.07) is 16.6. The fourth-order valence-corrected chi connectivity index (χ4v) is 3.08. The highest BCUT2D eigenvalue weighted by Crippen LogP contribution is 2.29. The second-order valence-electron chi connectivity index (χ2n) is 5.81. The van der Waals surface area contributed by atoms with Gasteiger partial charge in [-0.1, -0.05) is 12.1 Å². The minimum atomic E-state index is -3.39. The molecule has 0 amide bonds. The smallest absolute Gasteiger partial charge is 0.175 e. The number of pyridine rings is 1. The predicted molar refractivity (Wildman–Crippen MR) is 102 cm³/mol. The highest BCUT2D eigenvalue weighted by Gasteiger charge is 2.14. The molecule has 0 unspecified atom stereocenters. The van der Waals surface area contributed by atoms with Gasteiger partial charge < -0.3 is 4.74 Å². The van der Waals surface area contributed by atoms with Gasteiger partial charge in [-0.3, -0.25) is 4.98 Å². The highest BCUT2D eigenvalue weighted by molar-refractivity contribution is 7.90. The second-order valence-corrected chi connectivity index (χ2v) is 7.82. The van der Waals surface area contributed by atoms with E-state index in [0.717, 1.165) is 16.8 Å². The molecular formula is C19H17N3O4S. The Kier molecular flexibility index (Phi) is 5.46. The summed E-state index contributed by atoms with van der Waals surface area (Å²) in [7, 11) is -3.39. The molecule has 3 aromatic rings. The van der Waals surface area contributed by atoms with Crippen molar-refractivity contribution >= 4 is 21.2 Å². The molecule has 7 nitrogen and oxygen atoms in total. The Morgan fingerprint density at radius 3 is 2.44 bits per heavy atom. The monoisotopic (exact) mass is 383 g/mol. The van der Waals surface area contributed by atoms with Crippen LogP contribution in [0.4, 0.5) is 11.4 Å². The van der Waals surface area contributed by atoms with Crippen LogP contribution in [0, 0.1) is 4.91 Å². The summed E-state index contributed by atoms with van der Waals surface area (Å²) in [5, 5.41) is 4.14. The molecule has 2 aromatic carbocycles. The quantitative estimate of drug-likeness (QED) is 0.454.